The molecular weight excluding hydrogens is 431 g/mol. The minimum absolute atomic E-state index is 0.00599. The molecule has 3 rings (SSSR count). The number of rotatable bonds is 5. The average molecular weight is 444 g/mol. The summed E-state index contributed by atoms with van der Waals surface area (Å²) in [6.45, 7) is 0. The van der Waals surface area contributed by atoms with Crippen LogP contribution in [0.2, 0.25) is 5.02 Å². The molecule has 0 atom stereocenters. The molecule has 2 heterocycles. The van der Waals surface area contributed by atoms with E-state index in [1.165, 1.54) is 49.7 Å². The summed E-state index contributed by atoms with van der Waals surface area (Å²) < 4.78 is 72.6. The van der Waals surface area contributed by atoms with Crippen LogP contribution in [0.1, 0.15) is 5.56 Å². The van der Waals surface area contributed by atoms with E-state index in [4.69, 9.17) is 16.3 Å². The summed E-state index contributed by atoms with van der Waals surface area (Å²) in [5, 5.41) is -0.309. The Kier molecular flexibility index (Phi) is 5.67. The number of methoxy groups -OCH3 is 1. The maximum atomic E-state index is 13.5. The van der Waals surface area contributed by atoms with Crippen LogP contribution in [0.25, 0.3) is 11.3 Å². The Morgan fingerprint density at radius 3 is 2.48 bits per heavy atom. The van der Waals surface area contributed by atoms with Crippen LogP contribution in [0.15, 0.2) is 59.8 Å². The maximum Gasteiger partial charge on any atom is 0.418 e. The number of pyridine rings is 2. The molecule has 0 radical (unpaired) electrons. The number of hydrogen-bond acceptors (Lipinski definition) is 5. The topological polar surface area (TPSA) is 81.2 Å². The van der Waals surface area contributed by atoms with Crippen LogP contribution in [0.3, 0.4) is 0 Å². The first kappa shape index (κ1) is 20.9. The van der Waals surface area contributed by atoms with Crippen molar-refractivity contribution in [3.8, 4) is 17.0 Å². The summed E-state index contributed by atoms with van der Waals surface area (Å²) in [5.74, 6) is -0.0590. The molecule has 29 heavy (non-hydrogen) atoms. The highest BCUT2D eigenvalue weighted by Crippen LogP contribution is 2.40. The number of halogens is 4. The lowest BCUT2D eigenvalue weighted by Gasteiger charge is -2.16. The predicted molar refractivity (Wildman–Crippen MR) is 101 cm³/mol. The van der Waals surface area contributed by atoms with Crippen LogP contribution < -0.4 is 9.46 Å². The van der Waals surface area contributed by atoms with Crippen LogP contribution in [0.4, 0.5) is 19.0 Å². The second kappa shape index (κ2) is 7.88. The van der Waals surface area contributed by atoms with E-state index in [9.17, 15) is 21.6 Å². The molecule has 0 aliphatic carbocycles. The van der Waals surface area contributed by atoms with E-state index in [2.05, 4.69) is 14.7 Å². The van der Waals surface area contributed by atoms with E-state index in [0.717, 1.165) is 12.1 Å². The zero-order valence-electron chi connectivity index (χ0n) is 14.7. The molecule has 1 aromatic carbocycles. The number of alkyl halides is 3. The lowest BCUT2D eigenvalue weighted by molar-refractivity contribution is -0.137. The summed E-state index contributed by atoms with van der Waals surface area (Å²) in [5.41, 5.74) is -1.67. The van der Waals surface area contributed by atoms with Gasteiger partial charge in [0.25, 0.3) is 10.0 Å². The fourth-order valence-corrected chi connectivity index (χ4v) is 3.62. The molecule has 0 unspecified atom stereocenters. The zero-order chi connectivity index (χ0) is 21.2. The highest BCUT2D eigenvalue weighted by molar-refractivity contribution is 7.92. The number of aromatic nitrogens is 2. The van der Waals surface area contributed by atoms with E-state index in [1.807, 2.05) is 0 Å². The number of nitrogens with one attached hydrogen (secondary N) is 1. The molecule has 2 aromatic heterocycles. The van der Waals surface area contributed by atoms with Crippen molar-refractivity contribution >= 4 is 27.4 Å². The summed E-state index contributed by atoms with van der Waals surface area (Å²) in [6.07, 6.45) is -3.47. The van der Waals surface area contributed by atoms with E-state index >= 15 is 0 Å². The molecule has 0 saturated carbocycles. The van der Waals surface area contributed by atoms with Gasteiger partial charge in [0.2, 0.25) is 0 Å². The summed E-state index contributed by atoms with van der Waals surface area (Å²) in [7, 11) is -2.80. The average Bonchev–Trinajstić information content (AvgIpc) is 2.68. The van der Waals surface area contributed by atoms with Crippen LogP contribution in [-0.2, 0) is 16.2 Å². The third-order valence-corrected chi connectivity index (χ3v) is 5.38. The van der Waals surface area contributed by atoms with E-state index in [0.29, 0.717) is 0 Å². The molecule has 11 heteroatoms. The van der Waals surface area contributed by atoms with Crippen LogP contribution in [0, 0.1) is 0 Å². The molecular formula is C18H13ClF3N3O3S. The molecule has 1 N–H and O–H groups in total. The molecule has 0 aliphatic rings. The van der Waals surface area contributed by atoms with Gasteiger partial charge < -0.3 is 4.74 Å². The SMILES string of the molecule is COc1ccc(Cl)c(-c2nc(NS(=O)(=O)c3ccccn3)ccc2C(F)(F)F)c1. The van der Waals surface area contributed by atoms with Crippen molar-refractivity contribution in [1.29, 1.82) is 0 Å². The Balaban J connectivity index is 2.13. The largest absolute Gasteiger partial charge is 0.497 e. The molecule has 0 amide bonds. The van der Waals surface area contributed by atoms with Crippen molar-refractivity contribution in [3.05, 3.63) is 65.3 Å². The van der Waals surface area contributed by atoms with Gasteiger partial charge in [-0.1, -0.05) is 17.7 Å². The van der Waals surface area contributed by atoms with Gasteiger partial charge in [-0.2, -0.15) is 21.6 Å². The molecule has 0 saturated heterocycles. The third-order valence-electron chi connectivity index (χ3n) is 3.78. The van der Waals surface area contributed by atoms with E-state index in [-0.39, 0.29) is 27.2 Å². The monoisotopic (exact) mass is 443 g/mol. The third kappa shape index (κ3) is 4.60. The van der Waals surface area contributed by atoms with Gasteiger partial charge in [-0.3, -0.25) is 4.72 Å². The highest BCUT2D eigenvalue weighted by Gasteiger charge is 2.35. The highest BCUT2D eigenvalue weighted by atomic mass is 35.5. The summed E-state index contributed by atoms with van der Waals surface area (Å²) in [4.78, 5) is 7.60. The van der Waals surface area contributed by atoms with Gasteiger partial charge in [-0.15, -0.1) is 0 Å². The van der Waals surface area contributed by atoms with Gasteiger partial charge in [0.05, 0.1) is 23.4 Å². The number of anilines is 1. The Bertz CT molecular complexity index is 1140. The first-order chi connectivity index (χ1) is 13.6. The molecule has 0 fully saturated rings. The van der Waals surface area contributed by atoms with Crippen LogP contribution in [0.5, 0.6) is 5.75 Å². The fraction of sp³-hybridized carbons (Fsp3) is 0.111. The Morgan fingerprint density at radius 2 is 1.86 bits per heavy atom. The Labute approximate surface area is 169 Å². The van der Waals surface area contributed by atoms with Crippen molar-refractivity contribution in [2.24, 2.45) is 0 Å². The van der Waals surface area contributed by atoms with Crippen molar-refractivity contribution in [1.82, 2.24) is 9.97 Å². The van der Waals surface area contributed by atoms with Gasteiger partial charge in [-0.25, -0.2) is 9.97 Å². The molecule has 152 valence electrons. The first-order valence-corrected chi connectivity index (χ1v) is 9.84. The number of hydrogen-bond donors (Lipinski definition) is 1. The summed E-state index contributed by atoms with van der Waals surface area (Å²) in [6, 6.07) is 10.0. The van der Waals surface area contributed by atoms with Crippen molar-refractivity contribution in [3.63, 3.8) is 0 Å². The first-order valence-electron chi connectivity index (χ1n) is 7.98. The lowest BCUT2D eigenvalue weighted by atomic mass is 10.0. The minimum atomic E-state index is -4.74. The molecule has 0 spiro atoms. The van der Waals surface area contributed by atoms with Gasteiger partial charge in [0, 0.05) is 11.8 Å². The van der Waals surface area contributed by atoms with Gasteiger partial charge in [0.1, 0.15) is 11.6 Å². The lowest BCUT2D eigenvalue weighted by Crippen LogP contribution is -2.16. The second-order valence-electron chi connectivity index (χ2n) is 5.71. The number of sulfonamides is 1. The normalized spacial score (nSPS) is 11.9. The Morgan fingerprint density at radius 1 is 1.10 bits per heavy atom. The minimum Gasteiger partial charge on any atom is -0.497 e. The smallest absolute Gasteiger partial charge is 0.418 e. The molecule has 0 aliphatic heterocycles. The number of benzene rings is 1. The fourth-order valence-electron chi connectivity index (χ4n) is 2.46. The van der Waals surface area contributed by atoms with Crippen LogP contribution >= 0.6 is 11.6 Å². The van der Waals surface area contributed by atoms with Gasteiger partial charge in [0.15, 0.2) is 5.03 Å². The second-order valence-corrected chi connectivity index (χ2v) is 7.75. The number of nitrogens with zero attached hydrogens (tertiary/aromatic N) is 2. The van der Waals surface area contributed by atoms with Crippen LogP contribution in [-0.4, -0.2) is 25.5 Å². The molecule has 3 aromatic rings. The molecule has 0 bridgehead atoms. The quantitative estimate of drug-likeness (QED) is 0.622. The van der Waals surface area contributed by atoms with Gasteiger partial charge >= 0.3 is 6.18 Å². The summed E-state index contributed by atoms with van der Waals surface area (Å²) >= 11 is 6.08. The van der Waals surface area contributed by atoms with E-state index < -0.39 is 27.5 Å². The van der Waals surface area contributed by atoms with Crippen molar-refractivity contribution in [2.45, 2.75) is 11.2 Å². The van der Waals surface area contributed by atoms with Gasteiger partial charge in [-0.05, 0) is 42.5 Å². The van der Waals surface area contributed by atoms with E-state index in [1.54, 1.807) is 0 Å². The zero-order valence-corrected chi connectivity index (χ0v) is 16.3. The predicted octanol–water partition coefficient (Wildman–Crippen LogP) is 4.63. The van der Waals surface area contributed by atoms with Crippen molar-refractivity contribution < 1.29 is 26.3 Å². The maximum absolute atomic E-state index is 13.5. The Hall–Kier alpha value is -2.85. The molecule has 6 nitrogen and oxygen atoms in total. The standard InChI is InChI=1S/C18H13ClF3N3O3S/c1-28-11-5-7-14(19)12(10-11)17-13(18(20,21)22)6-8-15(24-17)25-29(26,27)16-4-2-3-9-23-16/h2-10H,1H3,(H,24,25). The number of ether oxygens (including phenoxy) is 1. The van der Waals surface area contributed by atoms with Crippen molar-refractivity contribution in [2.75, 3.05) is 11.8 Å².